The minimum atomic E-state index is -0.805. The van der Waals surface area contributed by atoms with Gasteiger partial charge < -0.3 is 14.4 Å². The zero-order valence-corrected chi connectivity index (χ0v) is 11.7. The van der Waals surface area contributed by atoms with E-state index in [1.807, 2.05) is 24.0 Å². The summed E-state index contributed by atoms with van der Waals surface area (Å²) in [4.78, 5) is 24.7. The highest BCUT2D eigenvalue weighted by Gasteiger charge is 2.36. The maximum atomic E-state index is 12.3. The molecule has 1 aliphatic carbocycles. The van der Waals surface area contributed by atoms with E-state index >= 15 is 0 Å². The van der Waals surface area contributed by atoms with Gasteiger partial charge in [-0.05, 0) is 44.7 Å². The maximum Gasteiger partial charge on any atom is 0.303 e. The van der Waals surface area contributed by atoms with Crippen molar-refractivity contribution in [3.63, 3.8) is 0 Å². The third-order valence-corrected chi connectivity index (χ3v) is 3.63. The molecule has 0 spiro atoms. The van der Waals surface area contributed by atoms with E-state index in [1.165, 1.54) is 0 Å². The van der Waals surface area contributed by atoms with Gasteiger partial charge in [-0.25, -0.2) is 0 Å². The fraction of sp³-hybridized carbons (Fsp3) is 0.600. The van der Waals surface area contributed by atoms with E-state index in [1.54, 1.807) is 6.26 Å². The van der Waals surface area contributed by atoms with E-state index in [0.29, 0.717) is 25.3 Å². The predicted molar refractivity (Wildman–Crippen MR) is 73.1 cm³/mol. The third-order valence-electron chi connectivity index (χ3n) is 3.63. The normalized spacial score (nSPS) is 15.8. The summed E-state index contributed by atoms with van der Waals surface area (Å²) in [5.74, 6) is 0.0954. The first-order chi connectivity index (χ1) is 9.59. The molecule has 0 aromatic carbocycles. The van der Waals surface area contributed by atoms with Gasteiger partial charge in [0.1, 0.15) is 5.76 Å². The summed E-state index contributed by atoms with van der Waals surface area (Å²) in [5.41, 5.74) is 0. The van der Waals surface area contributed by atoms with Crippen molar-refractivity contribution < 1.29 is 19.1 Å². The number of hydrogen-bond acceptors (Lipinski definition) is 3. The van der Waals surface area contributed by atoms with Crippen LogP contribution < -0.4 is 0 Å². The van der Waals surface area contributed by atoms with Gasteiger partial charge in [-0.15, -0.1) is 0 Å². The Morgan fingerprint density at radius 2 is 2.10 bits per heavy atom. The molecule has 1 atom stereocenters. The summed E-state index contributed by atoms with van der Waals surface area (Å²) in [6, 6.07) is 3.98. The molecule has 0 bridgehead atoms. The van der Waals surface area contributed by atoms with Crippen LogP contribution in [0.3, 0.4) is 0 Å². The number of hydrogen-bond donors (Lipinski definition) is 1. The Hall–Kier alpha value is -1.78. The third kappa shape index (κ3) is 3.85. The van der Waals surface area contributed by atoms with Crippen LogP contribution in [0.1, 0.15) is 57.3 Å². The van der Waals surface area contributed by atoms with Crippen LogP contribution in [-0.2, 0) is 9.59 Å². The molecule has 1 aromatic rings. The molecule has 1 N–H and O–H groups in total. The molecule has 1 unspecified atom stereocenters. The van der Waals surface area contributed by atoms with Gasteiger partial charge in [-0.3, -0.25) is 9.59 Å². The van der Waals surface area contributed by atoms with Gasteiger partial charge in [0.2, 0.25) is 5.91 Å². The topological polar surface area (TPSA) is 70.8 Å². The molecule has 5 nitrogen and oxygen atoms in total. The first-order valence-corrected chi connectivity index (χ1v) is 7.16. The highest BCUT2D eigenvalue weighted by atomic mass is 16.4. The largest absolute Gasteiger partial charge is 0.481 e. The molecule has 1 saturated carbocycles. The van der Waals surface area contributed by atoms with Crippen LogP contribution in [-0.4, -0.2) is 27.9 Å². The Kier molecular flexibility index (Phi) is 4.82. The van der Waals surface area contributed by atoms with Crippen molar-refractivity contribution in [2.45, 2.75) is 57.5 Å². The average Bonchev–Trinajstić information content (AvgIpc) is 3.07. The van der Waals surface area contributed by atoms with Crippen LogP contribution in [0.4, 0.5) is 0 Å². The molecule has 0 aliphatic heterocycles. The molecule has 0 saturated heterocycles. The fourth-order valence-electron chi connectivity index (χ4n) is 2.44. The lowest BCUT2D eigenvalue weighted by atomic mass is 10.1. The van der Waals surface area contributed by atoms with E-state index in [2.05, 4.69) is 0 Å². The van der Waals surface area contributed by atoms with Crippen LogP contribution in [0.5, 0.6) is 0 Å². The molecule has 1 aliphatic rings. The van der Waals surface area contributed by atoms with E-state index in [9.17, 15) is 9.59 Å². The lowest BCUT2D eigenvalue weighted by Gasteiger charge is -2.28. The van der Waals surface area contributed by atoms with Gasteiger partial charge in [-0.2, -0.15) is 0 Å². The van der Waals surface area contributed by atoms with E-state index in [4.69, 9.17) is 9.52 Å². The lowest BCUT2D eigenvalue weighted by molar-refractivity contribution is -0.138. The standard InChI is InChI=1S/C15H21NO4/c1-11(13-5-4-10-20-13)16(12-8-9-12)14(17)6-2-3-7-15(18)19/h4-5,10-12H,2-3,6-9H2,1H3,(H,18,19). The number of unbranched alkanes of at least 4 members (excludes halogenated alkanes) is 1. The molecule has 1 heterocycles. The summed E-state index contributed by atoms with van der Waals surface area (Å²) in [6.07, 6.45) is 5.43. The number of rotatable bonds is 8. The van der Waals surface area contributed by atoms with Crippen LogP contribution >= 0.6 is 0 Å². The number of furan rings is 1. The monoisotopic (exact) mass is 279 g/mol. The zero-order chi connectivity index (χ0) is 14.5. The van der Waals surface area contributed by atoms with Crippen molar-refractivity contribution >= 4 is 11.9 Å². The maximum absolute atomic E-state index is 12.3. The van der Waals surface area contributed by atoms with Gasteiger partial charge in [0.05, 0.1) is 12.3 Å². The Morgan fingerprint density at radius 3 is 2.65 bits per heavy atom. The Morgan fingerprint density at radius 1 is 1.40 bits per heavy atom. The van der Waals surface area contributed by atoms with Crippen molar-refractivity contribution in [2.75, 3.05) is 0 Å². The number of carbonyl (C=O) groups is 2. The second kappa shape index (κ2) is 6.59. The second-order valence-electron chi connectivity index (χ2n) is 5.32. The molecule has 110 valence electrons. The van der Waals surface area contributed by atoms with E-state index in [0.717, 1.165) is 18.6 Å². The Balaban J connectivity index is 1.88. The summed E-state index contributed by atoms with van der Waals surface area (Å²) in [7, 11) is 0. The predicted octanol–water partition coefficient (Wildman–Crippen LogP) is 2.98. The molecule has 2 rings (SSSR count). The average molecular weight is 279 g/mol. The highest BCUT2D eigenvalue weighted by molar-refractivity contribution is 5.77. The summed E-state index contributed by atoms with van der Waals surface area (Å²) >= 11 is 0. The Bertz CT molecular complexity index is 450. The molecular weight excluding hydrogens is 258 g/mol. The van der Waals surface area contributed by atoms with Gasteiger partial charge in [0.25, 0.3) is 0 Å². The van der Waals surface area contributed by atoms with E-state index < -0.39 is 5.97 Å². The molecule has 1 amide bonds. The van der Waals surface area contributed by atoms with Crippen molar-refractivity contribution in [2.24, 2.45) is 0 Å². The van der Waals surface area contributed by atoms with Crippen molar-refractivity contribution in [1.82, 2.24) is 4.90 Å². The SMILES string of the molecule is CC(c1ccco1)N(C(=O)CCCCC(=O)O)C1CC1. The smallest absolute Gasteiger partial charge is 0.303 e. The van der Waals surface area contributed by atoms with Crippen molar-refractivity contribution in [3.8, 4) is 0 Å². The molecular formula is C15H21NO4. The number of amides is 1. The van der Waals surface area contributed by atoms with E-state index in [-0.39, 0.29) is 18.4 Å². The molecule has 20 heavy (non-hydrogen) atoms. The molecule has 1 aromatic heterocycles. The minimum Gasteiger partial charge on any atom is -0.481 e. The second-order valence-corrected chi connectivity index (χ2v) is 5.32. The number of carboxylic acids is 1. The number of aliphatic carboxylic acids is 1. The van der Waals surface area contributed by atoms with Gasteiger partial charge in [-0.1, -0.05) is 0 Å². The zero-order valence-electron chi connectivity index (χ0n) is 11.7. The summed E-state index contributed by atoms with van der Waals surface area (Å²) < 4.78 is 5.39. The summed E-state index contributed by atoms with van der Waals surface area (Å²) in [6.45, 7) is 1.98. The fourth-order valence-corrected chi connectivity index (χ4v) is 2.44. The van der Waals surface area contributed by atoms with Crippen LogP contribution in [0.25, 0.3) is 0 Å². The van der Waals surface area contributed by atoms with Crippen LogP contribution in [0.15, 0.2) is 22.8 Å². The lowest BCUT2D eigenvalue weighted by Crippen LogP contribution is -2.35. The van der Waals surface area contributed by atoms with Gasteiger partial charge in [0.15, 0.2) is 0 Å². The van der Waals surface area contributed by atoms with Crippen molar-refractivity contribution in [1.29, 1.82) is 0 Å². The van der Waals surface area contributed by atoms with Crippen LogP contribution in [0, 0.1) is 0 Å². The Labute approximate surface area is 118 Å². The quantitative estimate of drug-likeness (QED) is 0.743. The molecule has 1 fully saturated rings. The first-order valence-electron chi connectivity index (χ1n) is 7.16. The summed E-state index contributed by atoms with van der Waals surface area (Å²) in [5, 5.41) is 8.59. The number of carbonyl (C=O) groups excluding carboxylic acids is 1. The molecule has 5 heteroatoms. The van der Waals surface area contributed by atoms with Gasteiger partial charge >= 0.3 is 5.97 Å². The first kappa shape index (κ1) is 14.6. The van der Waals surface area contributed by atoms with Crippen LogP contribution in [0.2, 0.25) is 0 Å². The van der Waals surface area contributed by atoms with Gasteiger partial charge in [0, 0.05) is 18.9 Å². The highest BCUT2D eigenvalue weighted by Crippen LogP contribution is 2.35. The number of nitrogens with zero attached hydrogens (tertiary/aromatic N) is 1. The molecule has 0 radical (unpaired) electrons. The minimum absolute atomic E-state index is 0.0514. The van der Waals surface area contributed by atoms with Crippen molar-refractivity contribution in [3.05, 3.63) is 24.2 Å². The number of carboxylic acid groups (broad SMARTS) is 1.